The standard InChI is InChI=1S/C18H22FN5O4/c1-11(6-24-10-20-9-21-24)17(25)22-14-4-12(5-15(27-2)16(14)28-3)18(26)23-7-13(19)8-23/h4-5,9-11,13H,6-8H2,1-3H3,(H,22,25). The fraction of sp³-hybridized carbons (Fsp3) is 0.444. The van der Waals surface area contributed by atoms with Gasteiger partial charge >= 0.3 is 0 Å². The van der Waals surface area contributed by atoms with E-state index in [4.69, 9.17) is 9.47 Å². The number of amides is 2. The smallest absolute Gasteiger partial charge is 0.254 e. The van der Waals surface area contributed by atoms with Crippen LogP contribution in [-0.2, 0) is 11.3 Å². The number of halogens is 1. The summed E-state index contributed by atoms with van der Waals surface area (Å²) in [7, 11) is 2.88. The molecular weight excluding hydrogens is 369 g/mol. The molecule has 10 heteroatoms. The Labute approximate surface area is 161 Å². The van der Waals surface area contributed by atoms with Gasteiger partial charge in [-0.15, -0.1) is 0 Å². The van der Waals surface area contributed by atoms with Crippen LogP contribution in [0.3, 0.4) is 0 Å². The summed E-state index contributed by atoms with van der Waals surface area (Å²) in [6.45, 7) is 2.21. The molecule has 150 valence electrons. The summed E-state index contributed by atoms with van der Waals surface area (Å²) in [6.07, 6.45) is 1.92. The zero-order valence-electron chi connectivity index (χ0n) is 15.9. The molecule has 1 aliphatic heterocycles. The van der Waals surface area contributed by atoms with Crippen LogP contribution >= 0.6 is 0 Å². The molecular formula is C18H22FN5O4. The lowest BCUT2D eigenvalue weighted by molar-refractivity contribution is -0.119. The molecule has 3 rings (SSSR count). The van der Waals surface area contributed by atoms with Gasteiger partial charge in [0.1, 0.15) is 18.8 Å². The van der Waals surface area contributed by atoms with Crippen molar-refractivity contribution in [2.45, 2.75) is 19.6 Å². The molecule has 1 fully saturated rings. The predicted molar refractivity (Wildman–Crippen MR) is 98.2 cm³/mol. The third-order valence-electron chi connectivity index (χ3n) is 4.48. The van der Waals surface area contributed by atoms with Crippen molar-refractivity contribution in [3.63, 3.8) is 0 Å². The van der Waals surface area contributed by atoms with Gasteiger partial charge in [0.15, 0.2) is 11.5 Å². The summed E-state index contributed by atoms with van der Waals surface area (Å²) in [5, 5.41) is 6.76. The summed E-state index contributed by atoms with van der Waals surface area (Å²) in [5.41, 5.74) is 0.585. The molecule has 2 heterocycles. The normalized spacial score (nSPS) is 14.9. The Balaban J connectivity index is 1.82. The maximum Gasteiger partial charge on any atom is 0.254 e. The van der Waals surface area contributed by atoms with Crippen LogP contribution in [-0.4, -0.2) is 65.0 Å². The number of ether oxygens (including phenoxy) is 2. The first kappa shape index (κ1) is 19.6. The van der Waals surface area contributed by atoms with Crippen molar-refractivity contribution >= 4 is 17.5 Å². The Kier molecular flexibility index (Phi) is 5.76. The topological polar surface area (TPSA) is 98.6 Å². The molecule has 9 nitrogen and oxygen atoms in total. The van der Waals surface area contributed by atoms with E-state index in [1.165, 1.54) is 43.9 Å². The van der Waals surface area contributed by atoms with Gasteiger partial charge in [-0.05, 0) is 12.1 Å². The molecule has 2 amide bonds. The van der Waals surface area contributed by atoms with E-state index in [0.717, 1.165) is 0 Å². The Morgan fingerprint density at radius 2 is 2.07 bits per heavy atom. The monoisotopic (exact) mass is 391 g/mol. The van der Waals surface area contributed by atoms with Crippen LogP contribution in [0.25, 0.3) is 0 Å². The second-order valence-corrected chi connectivity index (χ2v) is 6.57. The molecule has 1 atom stereocenters. The molecule has 0 saturated carbocycles. The number of likely N-dealkylation sites (tertiary alicyclic amines) is 1. The van der Waals surface area contributed by atoms with E-state index >= 15 is 0 Å². The molecule has 1 N–H and O–H groups in total. The van der Waals surface area contributed by atoms with E-state index in [0.29, 0.717) is 23.7 Å². The molecule has 0 aliphatic carbocycles. The largest absolute Gasteiger partial charge is 0.493 e. The number of rotatable bonds is 7. The zero-order chi connectivity index (χ0) is 20.3. The van der Waals surface area contributed by atoms with E-state index in [-0.39, 0.29) is 30.5 Å². The Morgan fingerprint density at radius 3 is 2.64 bits per heavy atom. The summed E-state index contributed by atoms with van der Waals surface area (Å²) in [6, 6.07) is 3.02. The Morgan fingerprint density at radius 1 is 1.32 bits per heavy atom. The lowest BCUT2D eigenvalue weighted by Crippen LogP contribution is -2.51. The molecule has 0 bridgehead atoms. The molecule has 2 aromatic rings. The molecule has 1 unspecified atom stereocenters. The van der Waals surface area contributed by atoms with Gasteiger partial charge in [-0.3, -0.25) is 14.3 Å². The number of nitrogens with one attached hydrogen (secondary N) is 1. The van der Waals surface area contributed by atoms with E-state index in [1.54, 1.807) is 11.6 Å². The van der Waals surface area contributed by atoms with Crippen LogP contribution in [0.15, 0.2) is 24.8 Å². The van der Waals surface area contributed by atoms with Gasteiger partial charge in [0.05, 0.1) is 45.5 Å². The van der Waals surface area contributed by atoms with Gasteiger partial charge < -0.3 is 19.7 Å². The second kappa shape index (κ2) is 8.24. The van der Waals surface area contributed by atoms with Crippen LogP contribution in [0, 0.1) is 5.92 Å². The van der Waals surface area contributed by atoms with Crippen LogP contribution in [0.4, 0.5) is 10.1 Å². The lowest BCUT2D eigenvalue weighted by atomic mass is 10.1. The third-order valence-corrected chi connectivity index (χ3v) is 4.48. The first-order valence-electron chi connectivity index (χ1n) is 8.75. The van der Waals surface area contributed by atoms with Gasteiger partial charge in [0, 0.05) is 5.56 Å². The molecule has 0 radical (unpaired) electrons. The average Bonchev–Trinajstić information content (AvgIpc) is 3.17. The van der Waals surface area contributed by atoms with Gasteiger partial charge in [-0.2, -0.15) is 5.10 Å². The number of methoxy groups -OCH3 is 2. The van der Waals surface area contributed by atoms with E-state index in [2.05, 4.69) is 15.4 Å². The molecule has 1 aromatic heterocycles. The first-order valence-corrected chi connectivity index (χ1v) is 8.75. The highest BCUT2D eigenvalue weighted by atomic mass is 19.1. The quantitative estimate of drug-likeness (QED) is 0.765. The summed E-state index contributed by atoms with van der Waals surface area (Å²) < 4.78 is 25.3. The van der Waals surface area contributed by atoms with Crippen molar-refractivity contribution in [1.29, 1.82) is 0 Å². The Hall–Kier alpha value is -3.17. The van der Waals surface area contributed by atoms with E-state index in [9.17, 15) is 14.0 Å². The zero-order valence-corrected chi connectivity index (χ0v) is 15.9. The number of anilines is 1. The Bertz CT molecular complexity index is 852. The van der Waals surface area contributed by atoms with Crippen LogP contribution in [0.1, 0.15) is 17.3 Å². The highest BCUT2D eigenvalue weighted by Gasteiger charge is 2.32. The molecule has 28 heavy (non-hydrogen) atoms. The maximum absolute atomic E-state index is 13.1. The number of carbonyl (C=O) groups excluding carboxylic acids is 2. The van der Waals surface area contributed by atoms with E-state index in [1.807, 2.05) is 0 Å². The van der Waals surface area contributed by atoms with Crippen molar-refractivity contribution in [1.82, 2.24) is 19.7 Å². The summed E-state index contributed by atoms with van der Waals surface area (Å²) >= 11 is 0. The SMILES string of the molecule is COc1cc(C(=O)N2CC(F)C2)cc(NC(=O)C(C)Cn2cncn2)c1OC. The first-order chi connectivity index (χ1) is 13.4. The minimum absolute atomic E-state index is 0.0593. The number of nitrogens with zero attached hydrogens (tertiary/aromatic N) is 4. The minimum atomic E-state index is -0.999. The van der Waals surface area contributed by atoms with Crippen LogP contribution < -0.4 is 14.8 Å². The highest BCUT2D eigenvalue weighted by Crippen LogP contribution is 2.37. The number of aromatic nitrogens is 3. The number of benzene rings is 1. The fourth-order valence-corrected chi connectivity index (χ4v) is 2.90. The average molecular weight is 391 g/mol. The fourth-order valence-electron chi connectivity index (χ4n) is 2.90. The van der Waals surface area contributed by atoms with Gasteiger partial charge in [0.2, 0.25) is 5.91 Å². The van der Waals surface area contributed by atoms with Crippen LogP contribution in [0.5, 0.6) is 11.5 Å². The number of hydrogen-bond donors (Lipinski definition) is 1. The lowest BCUT2D eigenvalue weighted by Gasteiger charge is -2.34. The van der Waals surface area contributed by atoms with Crippen molar-refractivity contribution in [3.8, 4) is 11.5 Å². The summed E-state index contributed by atoms with van der Waals surface area (Å²) in [5.74, 6) is -0.439. The molecule has 0 spiro atoms. The predicted octanol–water partition coefficient (Wildman–Crippen LogP) is 1.36. The number of alkyl halides is 1. The van der Waals surface area contributed by atoms with Crippen molar-refractivity contribution < 1.29 is 23.5 Å². The summed E-state index contributed by atoms with van der Waals surface area (Å²) in [4.78, 5) is 30.4. The second-order valence-electron chi connectivity index (χ2n) is 6.57. The third kappa shape index (κ3) is 4.05. The number of carbonyl (C=O) groups is 2. The number of hydrogen-bond acceptors (Lipinski definition) is 6. The van der Waals surface area contributed by atoms with Gasteiger partial charge in [-0.25, -0.2) is 9.37 Å². The van der Waals surface area contributed by atoms with Crippen molar-refractivity contribution in [2.75, 3.05) is 32.6 Å². The molecule has 1 saturated heterocycles. The molecule has 1 aliphatic rings. The van der Waals surface area contributed by atoms with Gasteiger partial charge in [-0.1, -0.05) is 6.92 Å². The van der Waals surface area contributed by atoms with Gasteiger partial charge in [0.25, 0.3) is 5.91 Å². The van der Waals surface area contributed by atoms with Crippen LogP contribution in [0.2, 0.25) is 0 Å². The minimum Gasteiger partial charge on any atom is -0.493 e. The van der Waals surface area contributed by atoms with Crippen molar-refractivity contribution in [2.24, 2.45) is 5.92 Å². The highest BCUT2D eigenvalue weighted by molar-refractivity contribution is 6.00. The maximum atomic E-state index is 13.1. The molecule has 1 aromatic carbocycles. The van der Waals surface area contributed by atoms with Crippen molar-refractivity contribution in [3.05, 3.63) is 30.4 Å². The van der Waals surface area contributed by atoms with E-state index < -0.39 is 12.1 Å².